The van der Waals surface area contributed by atoms with E-state index in [4.69, 9.17) is 0 Å². The summed E-state index contributed by atoms with van der Waals surface area (Å²) in [5, 5.41) is 14.1. The molecule has 5 nitrogen and oxygen atoms in total. The second kappa shape index (κ2) is 5.84. The summed E-state index contributed by atoms with van der Waals surface area (Å²) in [6.07, 6.45) is 2.86. The molecular formula is C14H19N3O2. The number of aliphatic hydroxyl groups excluding tert-OH is 1. The van der Waals surface area contributed by atoms with Crippen LogP contribution < -0.4 is 5.69 Å². The fraction of sp³-hybridized carbons (Fsp3) is 0.429. The van der Waals surface area contributed by atoms with Gasteiger partial charge in [0.1, 0.15) is 6.33 Å². The Balaban J connectivity index is 2.09. The zero-order valence-corrected chi connectivity index (χ0v) is 11.3. The summed E-state index contributed by atoms with van der Waals surface area (Å²) in [5.41, 5.74) is 1.84. The Kier molecular flexibility index (Phi) is 4.16. The number of rotatable bonds is 5. The summed E-state index contributed by atoms with van der Waals surface area (Å²) >= 11 is 0. The molecule has 1 aromatic carbocycles. The summed E-state index contributed by atoms with van der Waals surface area (Å²) in [6, 6.07) is 7.85. The molecule has 0 amide bonds. The van der Waals surface area contributed by atoms with Crippen LogP contribution in [0.4, 0.5) is 0 Å². The monoisotopic (exact) mass is 261 g/mol. The Morgan fingerprint density at radius 1 is 1.32 bits per heavy atom. The lowest BCUT2D eigenvalue weighted by Crippen LogP contribution is -2.25. The Morgan fingerprint density at radius 2 is 2.00 bits per heavy atom. The molecule has 102 valence electrons. The number of aryl methyl sites for hydroxylation is 2. The number of aliphatic hydroxyl groups is 1. The molecule has 1 aromatic heterocycles. The highest BCUT2D eigenvalue weighted by Crippen LogP contribution is 2.15. The number of hydrogen-bond acceptors (Lipinski definition) is 3. The molecule has 2 rings (SSSR count). The molecule has 0 saturated heterocycles. The third-order valence-electron chi connectivity index (χ3n) is 3.14. The van der Waals surface area contributed by atoms with Crippen molar-refractivity contribution in [3.63, 3.8) is 0 Å². The van der Waals surface area contributed by atoms with Crippen molar-refractivity contribution in [1.82, 2.24) is 14.3 Å². The van der Waals surface area contributed by atoms with Gasteiger partial charge in [0.05, 0.1) is 12.6 Å². The van der Waals surface area contributed by atoms with Crippen LogP contribution in [-0.2, 0) is 20.0 Å². The van der Waals surface area contributed by atoms with Crippen molar-refractivity contribution in [2.75, 3.05) is 0 Å². The van der Waals surface area contributed by atoms with Crippen LogP contribution in [0.15, 0.2) is 35.4 Å². The van der Waals surface area contributed by atoms with Crippen molar-refractivity contribution in [3.05, 3.63) is 52.2 Å². The minimum atomic E-state index is -0.719. The van der Waals surface area contributed by atoms with Gasteiger partial charge in [-0.1, -0.05) is 37.6 Å². The van der Waals surface area contributed by atoms with Crippen molar-refractivity contribution in [3.8, 4) is 0 Å². The summed E-state index contributed by atoms with van der Waals surface area (Å²) in [5.74, 6) is 0. The lowest BCUT2D eigenvalue weighted by molar-refractivity contribution is 0.149. The zero-order valence-electron chi connectivity index (χ0n) is 11.3. The van der Waals surface area contributed by atoms with E-state index in [-0.39, 0.29) is 12.2 Å². The van der Waals surface area contributed by atoms with Gasteiger partial charge in [0, 0.05) is 7.05 Å². The lowest BCUT2D eigenvalue weighted by Gasteiger charge is -2.11. The smallest absolute Gasteiger partial charge is 0.345 e. The van der Waals surface area contributed by atoms with Crippen LogP contribution in [0.3, 0.4) is 0 Å². The molecular weight excluding hydrogens is 242 g/mol. The molecule has 0 bridgehead atoms. The number of hydrogen-bond donors (Lipinski definition) is 1. The molecule has 0 aliphatic heterocycles. The lowest BCUT2D eigenvalue weighted by atomic mass is 10.0. The molecule has 0 fully saturated rings. The summed E-state index contributed by atoms with van der Waals surface area (Å²) in [6.45, 7) is 2.31. The molecule has 2 aromatic rings. The standard InChI is InChI=1S/C14H19N3O2/c1-3-4-11-5-7-12(8-6-11)13(18)9-17-14(19)16(2)10-15-17/h5-8,10,13,18H,3-4,9H2,1-2H3. The van der Waals surface area contributed by atoms with Gasteiger partial charge in [-0.05, 0) is 17.5 Å². The maximum Gasteiger partial charge on any atom is 0.345 e. The van der Waals surface area contributed by atoms with E-state index in [1.807, 2.05) is 24.3 Å². The predicted molar refractivity (Wildman–Crippen MR) is 72.9 cm³/mol. The first-order valence-corrected chi connectivity index (χ1v) is 6.47. The Morgan fingerprint density at radius 3 is 2.53 bits per heavy atom. The highest BCUT2D eigenvalue weighted by Gasteiger charge is 2.11. The third kappa shape index (κ3) is 3.12. The van der Waals surface area contributed by atoms with E-state index in [1.165, 1.54) is 21.1 Å². The second-order valence-electron chi connectivity index (χ2n) is 4.71. The van der Waals surface area contributed by atoms with Crippen LogP contribution in [0.2, 0.25) is 0 Å². The van der Waals surface area contributed by atoms with Crippen molar-refractivity contribution in [1.29, 1.82) is 0 Å². The van der Waals surface area contributed by atoms with Gasteiger partial charge in [0.2, 0.25) is 0 Å². The van der Waals surface area contributed by atoms with Crippen LogP contribution in [0.1, 0.15) is 30.6 Å². The van der Waals surface area contributed by atoms with Crippen molar-refractivity contribution < 1.29 is 5.11 Å². The minimum absolute atomic E-state index is 0.173. The average Bonchev–Trinajstić information content (AvgIpc) is 2.72. The fourth-order valence-electron chi connectivity index (χ4n) is 2.01. The van der Waals surface area contributed by atoms with E-state index >= 15 is 0 Å². The topological polar surface area (TPSA) is 60.0 Å². The number of benzene rings is 1. The van der Waals surface area contributed by atoms with Crippen LogP contribution in [0, 0.1) is 0 Å². The highest BCUT2D eigenvalue weighted by atomic mass is 16.3. The first-order chi connectivity index (χ1) is 9.11. The van der Waals surface area contributed by atoms with Gasteiger partial charge in [0.25, 0.3) is 0 Å². The molecule has 1 heterocycles. The summed E-state index contributed by atoms with van der Waals surface area (Å²) in [4.78, 5) is 11.6. The average molecular weight is 261 g/mol. The van der Waals surface area contributed by atoms with E-state index in [1.54, 1.807) is 7.05 Å². The highest BCUT2D eigenvalue weighted by molar-refractivity contribution is 5.24. The molecule has 5 heteroatoms. The molecule has 0 radical (unpaired) electrons. The number of nitrogens with zero attached hydrogens (tertiary/aromatic N) is 3. The van der Waals surface area contributed by atoms with E-state index < -0.39 is 6.10 Å². The Labute approximate surface area is 112 Å². The SMILES string of the molecule is CCCc1ccc(C(O)Cn2ncn(C)c2=O)cc1. The maximum absolute atomic E-state index is 11.6. The Hall–Kier alpha value is -1.88. The number of aromatic nitrogens is 3. The molecule has 1 atom stereocenters. The van der Waals surface area contributed by atoms with Crippen LogP contribution >= 0.6 is 0 Å². The van der Waals surface area contributed by atoms with Gasteiger partial charge in [-0.3, -0.25) is 4.57 Å². The third-order valence-corrected chi connectivity index (χ3v) is 3.14. The molecule has 0 aliphatic rings. The molecule has 1 unspecified atom stereocenters. The Bertz CT molecular complexity index is 583. The van der Waals surface area contributed by atoms with Gasteiger partial charge >= 0.3 is 5.69 Å². The molecule has 19 heavy (non-hydrogen) atoms. The largest absolute Gasteiger partial charge is 0.386 e. The molecule has 0 saturated carbocycles. The van der Waals surface area contributed by atoms with Crippen molar-refractivity contribution in [2.24, 2.45) is 7.05 Å². The minimum Gasteiger partial charge on any atom is -0.386 e. The molecule has 1 N–H and O–H groups in total. The maximum atomic E-state index is 11.6. The van der Waals surface area contributed by atoms with E-state index in [0.717, 1.165) is 18.4 Å². The first-order valence-electron chi connectivity index (χ1n) is 6.47. The van der Waals surface area contributed by atoms with Gasteiger partial charge in [0.15, 0.2) is 0 Å². The van der Waals surface area contributed by atoms with Crippen LogP contribution in [0.5, 0.6) is 0 Å². The van der Waals surface area contributed by atoms with Gasteiger partial charge in [-0.25, -0.2) is 9.48 Å². The van der Waals surface area contributed by atoms with Gasteiger partial charge in [-0.15, -0.1) is 0 Å². The van der Waals surface area contributed by atoms with E-state index in [0.29, 0.717) is 0 Å². The van der Waals surface area contributed by atoms with Crippen LogP contribution in [-0.4, -0.2) is 19.5 Å². The molecule has 0 aliphatic carbocycles. The van der Waals surface area contributed by atoms with Crippen molar-refractivity contribution >= 4 is 0 Å². The first kappa shape index (κ1) is 13.5. The van der Waals surface area contributed by atoms with Gasteiger partial charge in [-0.2, -0.15) is 5.10 Å². The second-order valence-corrected chi connectivity index (χ2v) is 4.71. The van der Waals surface area contributed by atoms with Crippen molar-refractivity contribution in [2.45, 2.75) is 32.4 Å². The van der Waals surface area contributed by atoms with E-state index in [2.05, 4.69) is 12.0 Å². The molecule has 0 spiro atoms. The zero-order chi connectivity index (χ0) is 13.8. The van der Waals surface area contributed by atoms with Gasteiger partial charge < -0.3 is 5.11 Å². The quantitative estimate of drug-likeness (QED) is 0.881. The summed E-state index contributed by atoms with van der Waals surface area (Å²) < 4.78 is 2.65. The normalized spacial score (nSPS) is 12.6. The predicted octanol–water partition coefficient (Wildman–Crippen LogP) is 1.27. The fourth-order valence-corrected chi connectivity index (χ4v) is 2.01. The van der Waals surface area contributed by atoms with E-state index in [9.17, 15) is 9.90 Å². The van der Waals surface area contributed by atoms with Crippen LogP contribution in [0.25, 0.3) is 0 Å². The summed E-state index contributed by atoms with van der Waals surface area (Å²) in [7, 11) is 1.64.